The fraction of sp³-hybridized carbons (Fsp3) is 0.273. The van der Waals surface area contributed by atoms with E-state index >= 15 is 0 Å². The fourth-order valence-corrected chi connectivity index (χ4v) is 2.83. The third-order valence-corrected chi connectivity index (χ3v) is 3.71. The van der Waals surface area contributed by atoms with Gasteiger partial charge in [-0.2, -0.15) is 0 Å². The van der Waals surface area contributed by atoms with Crippen molar-refractivity contribution < 1.29 is 0 Å². The van der Waals surface area contributed by atoms with Gasteiger partial charge in [0.1, 0.15) is 0 Å². The molecule has 1 unspecified atom stereocenters. The Balaban J connectivity index is 2.12. The summed E-state index contributed by atoms with van der Waals surface area (Å²) in [4.78, 5) is 2.44. The third kappa shape index (κ3) is 1.13. The van der Waals surface area contributed by atoms with Gasteiger partial charge in [-0.05, 0) is 24.4 Å². The molecule has 3 rings (SSSR count). The van der Waals surface area contributed by atoms with Crippen molar-refractivity contribution >= 4 is 26.4 Å². The van der Waals surface area contributed by atoms with Crippen LogP contribution in [0.3, 0.4) is 0 Å². The monoisotopic (exact) mass is 189 g/mol. The summed E-state index contributed by atoms with van der Waals surface area (Å²) in [5, 5.41) is 2.80. The van der Waals surface area contributed by atoms with Crippen molar-refractivity contribution in [3.05, 3.63) is 30.3 Å². The van der Waals surface area contributed by atoms with Crippen LogP contribution in [0.2, 0.25) is 0 Å². The van der Waals surface area contributed by atoms with Gasteiger partial charge in [-0.1, -0.05) is 18.2 Å². The molecule has 1 aliphatic heterocycles. The number of rotatable bonds is 1. The Hall–Kier alpha value is -1.02. The standard InChI is InChI=1S/C11H11NS/c1-8-7-12(8)11-6-9-4-2-3-5-10(9)13-11/h2-6,8H,7H2,1H3. The highest BCUT2D eigenvalue weighted by Gasteiger charge is 2.30. The number of fused-ring (bicyclic) bond motifs is 1. The van der Waals surface area contributed by atoms with E-state index < -0.39 is 0 Å². The summed E-state index contributed by atoms with van der Waals surface area (Å²) in [5.41, 5.74) is 0. The topological polar surface area (TPSA) is 3.01 Å². The van der Waals surface area contributed by atoms with Gasteiger partial charge in [0.15, 0.2) is 0 Å². The lowest BCUT2D eigenvalue weighted by atomic mass is 10.3. The maximum absolute atomic E-state index is 2.44. The highest BCUT2D eigenvalue weighted by molar-refractivity contribution is 7.22. The number of nitrogens with zero attached hydrogens (tertiary/aromatic N) is 1. The highest BCUT2D eigenvalue weighted by atomic mass is 32.1. The molecule has 0 saturated carbocycles. The summed E-state index contributed by atoms with van der Waals surface area (Å²) < 4.78 is 1.40. The summed E-state index contributed by atoms with van der Waals surface area (Å²) in [6, 6.07) is 11.6. The minimum absolute atomic E-state index is 0.757. The highest BCUT2D eigenvalue weighted by Crippen LogP contribution is 2.37. The van der Waals surface area contributed by atoms with Crippen LogP contribution in [-0.2, 0) is 0 Å². The molecule has 1 saturated heterocycles. The molecule has 1 nitrogen and oxygen atoms in total. The second-order valence-corrected chi connectivity index (χ2v) is 4.69. The van der Waals surface area contributed by atoms with Gasteiger partial charge in [0.25, 0.3) is 0 Å². The second-order valence-electron chi connectivity index (χ2n) is 3.62. The van der Waals surface area contributed by atoms with Crippen molar-refractivity contribution in [2.24, 2.45) is 0 Å². The normalized spacial score (nSPS) is 21.0. The van der Waals surface area contributed by atoms with Gasteiger partial charge in [-0.15, -0.1) is 11.3 Å². The van der Waals surface area contributed by atoms with E-state index in [9.17, 15) is 0 Å². The fourth-order valence-electron chi connectivity index (χ4n) is 1.65. The van der Waals surface area contributed by atoms with E-state index in [0.717, 1.165) is 6.04 Å². The number of thiophene rings is 1. The van der Waals surface area contributed by atoms with Gasteiger partial charge in [0.05, 0.1) is 5.00 Å². The molecule has 0 aliphatic carbocycles. The van der Waals surface area contributed by atoms with Crippen LogP contribution in [0.5, 0.6) is 0 Å². The summed E-state index contributed by atoms with van der Waals surface area (Å²) in [5.74, 6) is 0. The quantitative estimate of drug-likeness (QED) is 0.623. The molecule has 0 spiro atoms. The first kappa shape index (κ1) is 7.39. The molecule has 1 aliphatic rings. The first-order chi connectivity index (χ1) is 6.34. The zero-order valence-corrected chi connectivity index (χ0v) is 8.34. The Morgan fingerprint density at radius 2 is 2.15 bits per heavy atom. The molecular formula is C11H11NS. The largest absolute Gasteiger partial charge is 0.357 e. The average Bonchev–Trinajstić information content (AvgIpc) is 2.74. The van der Waals surface area contributed by atoms with E-state index in [1.165, 1.54) is 21.6 Å². The van der Waals surface area contributed by atoms with E-state index in [4.69, 9.17) is 0 Å². The Kier molecular flexibility index (Phi) is 1.41. The lowest BCUT2D eigenvalue weighted by molar-refractivity contribution is 1.15. The summed E-state index contributed by atoms with van der Waals surface area (Å²) in [7, 11) is 0. The Morgan fingerprint density at radius 3 is 2.85 bits per heavy atom. The van der Waals surface area contributed by atoms with Gasteiger partial charge >= 0.3 is 0 Å². The van der Waals surface area contributed by atoms with Gasteiger partial charge in [0.2, 0.25) is 0 Å². The van der Waals surface area contributed by atoms with E-state index in [0.29, 0.717) is 0 Å². The minimum atomic E-state index is 0.757. The Bertz CT molecular complexity index is 413. The van der Waals surface area contributed by atoms with Crippen molar-refractivity contribution in [1.82, 2.24) is 0 Å². The third-order valence-electron chi connectivity index (χ3n) is 2.55. The van der Waals surface area contributed by atoms with Gasteiger partial charge in [-0.3, -0.25) is 0 Å². The SMILES string of the molecule is CC1CN1c1cc2ccccc2s1. The Morgan fingerprint density at radius 1 is 1.38 bits per heavy atom. The van der Waals surface area contributed by atoms with Crippen LogP contribution < -0.4 is 4.90 Å². The van der Waals surface area contributed by atoms with Crippen molar-refractivity contribution in [2.45, 2.75) is 13.0 Å². The summed E-state index contributed by atoms with van der Waals surface area (Å²) >= 11 is 1.90. The molecular weight excluding hydrogens is 178 g/mol. The first-order valence-corrected chi connectivity index (χ1v) is 5.41. The van der Waals surface area contributed by atoms with Gasteiger partial charge in [-0.25, -0.2) is 0 Å². The Labute approximate surface area is 81.6 Å². The molecule has 1 atom stereocenters. The van der Waals surface area contributed by atoms with Crippen molar-refractivity contribution in [2.75, 3.05) is 11.4 Å². The van der Waals surface area contributed by atoms with Crippen molar-refractivity contribution in [3.63, 3.8) is 0 Å². The number of anilines is 1. The molecule has 0 bridgehead atoms. The molecule has 1 aromatic carbocycles. The molecule has 0 amide bonds. The zero-order valence-electron chi connectivity index (χ0n) is 7.53. The molecule has 66 valence electrons. The number of hydrogen-bond acceptors (Lipinski definition) is 2. The molecule has 0 N–H and O–H groups in total. The lowest BCUT2D eigenvalue weighted by Crippen LogP contribution is -1.90. The first-order valence-electron chi connectivity index (χ1n) is 4.60. The molecule has 0 radical (unpaired) electrons. The molecule has 1 aromatic heterocycles. The molecule has 1 fully saturated rings. The molecule has 13 heavy (non-hydrogen) atoms. The van der Waals surface area contributed by atoms with E-state index in [1.54, 1.807) is 0 Å². The molecule has 2 heterocycles. The number of hydrogen-bond donors (Lipinski definition) is 0. The van der Waals surface area contributed by atoms with Crippen LogP contribution in [0, 0.1) is 0 Å². The van der Waals surface area contributed by atoms with E-state index in [2.05, 4.69) is 42.2 Å². The molecule has 2 aromatic rings. The van der Waals surface area contributed by atoms with Crippen LogP contribution in [0.25, 0.3) is 10.1 Å². The summed E-state index contributed by atoms with van der Waals surface area (Å²) in [6.45, 7) is 3.50. The minimum Gasteiger partial charge on any atom is -0.357 e. The van der Waals surface area contributed by atoms with E-state index in [-0.39, 0.29) is 0 Å². The predicted molar refractivity (Wildman–Crippen MR) is 58.6 cm³/mol. The lowest BCUT2D eigenvalue weighted by Gasteiger charge is -1.95. The van der Waals surface area contributed by atoms with Crippen LogP contribution >= 0.6 is 11.3 Å². The maximum Gasteiger partial charge on any atom is 0.0924 e. The van der Waals surface area contributed by atoms with E-state index in [1.807, 2.05) is 11.3 Å². The number of benzene rings is 1. The zero-order chi connectivity index (χ0) is 8.84. The van der Waals surface area contributed by atoms with Gasteiger partial charge in [0, 0.05) is 17.3 Å². The maximum atomic E-state index is 2.44. The van der Waals surface area contributed by atoms with Gasteiger partial charge < -0.3 is 4.90 Å². The van der Waals surface area contributed by atoms with Crippen LogP contribution in [0.4, 0.5) is 5.00 Å². The smallest absolute Gasteiger partial charge is 0.0924 e. The van der Waals surface area contributed by atoms with Crippen molar-refractivity contribution in [3.8, 4) is 0 Å². The van der Waals surface area contributed by atoms with Crippen LogP contribution in [-0.4, -0.2) is 12.6 Å². The van der Waals surface area contributed by atoms with Crippen LogP contribution in [0.1, 0.15) is 6.92 Å². The second kappa shape index (κ2) is 2.48. The van der Waals surface area contributed by atoms with Crippen molar-refractivity contribution in [1.29, 1.82) is 0 Å². The predicted octanol–water partition coefficient (Wildman–Crippen LogP) is 3.11. The summed E-state index contributed by atoms with van der Waals surface area (Å²) in [6.07, 6.45) is 0. The average molecular weight is 189 g/mol. The van der Waals surface area contributed by atoms with Crippen LogP contribution in [0.15, 0.2) is 30.3 Å². The molecule has 2 heteroatoms.